The summed E-state index contributed by atoms with van der Waals surface area (Å²) in [6.07, 6.45) is 2.77. The van der Waals surface area contributed by atoms with Gasteiger partial charge in [-0.1, -0.05) is 12.1 Å². The van der Waals surface area contributed by atoms with Crippen molar-refractivity contribution in [3.05, 3.63) is 48.2 Å². The Morgan fingerprint density at radius 3 is 2.82 bits per heavy atom. The maximum atomic E-state index is 13.7. The molecule has 5 rings (SSSR count). The molecule has 0 spiro atoms. The summed E-state index contributed by atoms with van der Waals surface area (Å²) in [7, 11) is 2.14. The van der Waals surface area contributed by atoms with Crippen LogP contribution in [0.4, 0.5) is 22.0 Å². The number of nitrogens with zero attached hydrogens (tertiary/aromatic N) is 4. The maximum absolute atomic E-state index is 13.7. The van der Waals surface area contributed by atoms with E-state index in [2.05, 4.69) is 22.2 Å². The van der Waals surface area contributed by atoms with E-state index < -0.39 is 0 Å². The molecule has 3 aliphatic heterocycles. The highest BCUT2D eigenvalue weighted by Gasteiger charge is 2.41. The summed E-state index contributed by atoms with van der Waals surface area (Å²) in [5.74, 6) is 1.30. The topological polar surface area (TPSA) is 68.8 Å². The molecule has 1 aromatic carbocycles. The third-order valence-electron chi connectivity index (χ3n) is 6.10. The number of nitrogens with one attached hydrogen (secondary N) is 1. The lowest BCUT2D eigenvalue weighted by atomic mass is 9.89. The third-order valence-corrected chi connectivity index (χ3v) is 6.10. The number of aromatic nitrogens is 1. The molecule has 0 bridgehead atoms. The summed E-state index contributed by atoms with van der Waals surface area (Å²) >= 11 is 0. The van der Waals surface area contributed by atoms with Gasteiger partial charge in [-0.05, 0) is 56.1 Å². The van der Waals surface area contributed by atoms with Gasteiger partial charge in [0, 0.05) is 25.8 Å². The molecular formula is C21H23N5O2. The SMILES string of the molecule is CN1CCC2CN(C(=O)N3c4ccccc4C(=O)Nc4cccnc43)CC2C1. The van der Waals surface area contributed by atoms with E-state index >= 15 is 0 Å². The molecule has 1 aromatic heterocycles. The summed E-state index contributed by atoms with van der Waals surface area (Å²) < 4.78 is 0. The second kappa shape index (κ2) is 6.60. The van der Waals surface area contributed by atoms with Gasteiger partial charge in [-0.2, -0.15) is 0 Å². The predicted molar refractivity (Wildman–Crippen MR) is 107 cm³/mol. The van der Waals surface area contributed by atoms with Crippen LogP contribution >= 0.6 is 0 Å². The van der Waals surface area contributed by atoms with Crippen molar-refractivity contribution in [1.82, 2.24) is 14.8 Å². The number of carbonyl (C=O) groups is 2. The Balaban J connectivity index is 1.55. The van der Waals surface area contributed by atoms with Crippen LogP contribution < -0.4 is 10.2 Å². The summed E-state index contributed by atoms with van der Waals surface area (Å²) in [5.41, 5.74) is 1.60. The first-order valence-corrected chi connectivity index (χ1v) is 9.75. The lowest BCUT2D eigenvalue weighted by Gasteiger charge is -2.31. The second-order valence-corrected chi connectivity index (χ2v) is 7.94. The molecule has 0 radical (unpaired) electrons. The molecule has 2 unspecified atom stereocenters. The monoisotopic (exact) mass is 377 g/mol. The predicted octanol–water partition coefficient (Wildman–Crippen LogP) is 2.79. The van der Waals surface area contributed by atoms with Crippen molar-refractivity contribution < 1.29 is 9.59 Å². The molecule has 28 heavy (non-hydrogen) atoms. The normalized spacial score (nSPS) is 24.1. The summed E-state index contributed by atoms with van der Waals surface area (Å²) in [5, 5.41) is 2.89. The number of piperidine rings is 1. The zero-order chi connectivity index (χ0) is 19.3. The Morgan fingerprint density at radius 1 is 1.11 bits per heavy atom. The lowest BCUT2D eigenvalue weighted by molar-refractivity contribution is 0.102. The molecule has 2 aromatic rings. The summed E-state index contributed by atoms with van der Waals surface area (Å²) in [6, 6.07) is 10.6. The summed E-state index contributed by atoms with van der Waals surface area (Å²) in [6.45, 7) is 3.62. The number of hydrogen-bond acceptors (Lipinski definition) is 4. The van der Waals surface area contributed by atoms with Crippen molar-refractivity contribution in [3.8, 4) is 0 Å². The minimum atomic E-state index is -0.225. The fourth-order valence-electron chi connectivity index (χ4n) is 4.68. The van der Waals surface area contributed by atoms with Crippen molar-refractivity contribution in [2.75, 3.05) is 43.4 Å². The molecule has 2 atom stereocenters. The van der Waals surface area contributed by atoms with Gasteiger partial charge in [-0.15, -0.1) is 0 Å². The van der Waals surface area contributed by atoms with Crippen molar-refractivity contribution in [3.63, 3.8) is 0 Å². The number of benzene rings is 1. The van der Waals surface area contributed by atoms with Crippen LogP contribution in [0.25, 0.3) is 0 Å². The van der Waals surface area contributed by atoms with E-state index in [0.717, 1.165) is 32.6 Å². The number of anilines is 3. The number of pyridine rings is 1. The molecular weight excluding hydrogens is 354 g/mol. The van der Waals surface area contributed by atoms with Crippen molar-refractivity contribution in [1.29, 1.82) is 0 Å². The Morgan fingerprint density at radius 2 is 1.93 bits per heavy atom. The van der Waals surface area contributed by atoms with Crippen LogP contribution in [0, 0.1) is 11.8 Å². The first kappa shape index (κ1) is 17.2. The molecule has 3 aliphatic rings. The molecule has 0 aliphatic carbocycles. The quantitative estimate of drug-likeness (QED) is 0.767. The van der Waals surface area contributed by atoms with Gasteiger partial charge in [-0.3, -0.25) is 4.79 Å². The van der Waals surface area contributed by atoms with Crippen molar-refractivity contribution in [2.24, 2.45) is 11.8 Å². The highest BCUT2D eigenvalue weighted by atomic mass is 16.2. The van der Waals surface area contributed by atoms with Gasteiger partial charge in [0.1, 0.15) is 0 Å². The average Bonchev–Trinajstić information content (AvgIpc) is 3.07. The number of urea groups is 1. The zero-order valence-electron chi connectivity index (χ0n) is 15.8. The number of hydrogen-bond donors (Lipinski definition) is 1. The molecule has 1 N–H and O–H groups in total. The highest BCUT2D eigenvalue weighted by Crippen LogP contribution is 2.39. The Bertz CT molecular complexity index is 946. The number of fused-ring (bicyclic) bond motifs is 3. The molecule has 144 valence electrons. The first-order valence-electron chi connectivity index (χ1n) is 9.75. The van der Waals surface area contributed by atoms with Gasteiger partial charge in [-0.25, -0.2) is 14.7 Å². The fourth-order valence-corrected chi connectivity index (χ4v) is 4.68. The zero-order valence-corrected chi connectivity index (χ0v) is 15.8. The number of amides is 3. The van der Waals surface area contributed by atoms with E-state index in [1.807, 2.05) is 23.1 Å². The number of rotatable bonds is 0. The third kappa shape index (κ3) is 2.74. The molecule has 3 amide bonds. The van der Waals surface area contributed by atoms with Crippen LogP contribution in [0.15, 0.2) is 42.6 Å². The fraction of sp³-hybridized carbons (Fsp3) is 0.381. The number of carbonyl (C=O) groups excluding carboxylic acids is 2. The van der Waals surface area contributed by atoms with Crippen LogP contribution in [0.1, 0.15) is 16.8 Å². The van der Waals surface area contributed by atoms with Gasteiger partial charge in [0.05, 0.1) is 16.9 Å². The van der Waals surface area contributed by atoms with Gasteiger partial charge in [0.15, 0.2) is 5.82 Å². The van der Waals surface area contributed by atoms with Crippen LogP contribution in [0.3, 0.4) is 0 Å². The Labute approximate surface area is 163 Å². The molecule has 7 nitrogen and oxygen atoms in total. The first-order chi connectivity index (χ1) is 13.6. The van der Waals surface area contributed by atoms with Gasteiger partial charge in [0.25, 0.3) is 5.91 Å². The molecule has 2 fully saturated rings. The highest BCUT2D eigenvalue weighted by molar-refractivity contribution is 6.16. The van der Waals surface area contributed by atoms with E-state index in [1.54, 1.807) is 29.3 Å². The van der Waals surface area contributed by atoms with E-state index in [0.29, 0.717) is 34.6 Å². The number of para-hydroxylation sites is 1. The van der Waals surface area contributed by atoms with Crippen molar-refractivity contribution in [2.45, 2.75) is 6.42 Å². The number of likely N-dealkylation sites (tertiary alicyclic amines) is 2. The van der Waals surface area contributed by atoms with E-state index in [4.69, 9.17) is 0 Å². The summed E-state index contributed by atoms with van der Waals surface area (Å²) in [4.78, 5) is 36.7. The minimum Gasteiger partial charge on any atom is -0.323 e. The standard InChI is InChI=1S/C21H23N5O2/c1-24-10-8-14-12-25(13-15(14)11-24)21(28)26-18-7-3-2-5-16(18)20(27)23-17-6-4-9-22-19(17)26/h2-7,9,14-15H,8,10-13H2,1H3,(H,23,27). The van der Waals surface area contributed by atoms with E-state index in [1.165, 1.54) is 0 Å². The smallest absolute Gasteiger partial charge is 0.323 e. The van der Waals surface area contributed by atoms with E-state index in [9.17, 15) is 9.59 Å². The Kier molecular flexibility index (Phi) is 4.05. The minimum absolute atomic E-state index is 0.110. The van der Waals surface area contributed by atoms with E-state index in [-0.39, 0.29) is 11.9 Å². The second-order valence-electron chi connectivity index (χ2n) is 7.94. The van der Waals surface area contributed by atoms with Crippen LogP contribution in [-0.4, -0.2) is 59.9 Å². The van der Waals surface area contributed by atoms with Crippen molar-refractivity contribution >= 4 is 29.1 Å². The average molecular weight is 377 g/mol. The van der Waals surface area contributed by atoms with Gasteiger partial charge >= 0.3 is 6.03 Å². The van der Waals surface area contributed by atoms with Crippen LogP contribution in [0.5, 0.6) is 0 Å². The van der Waals surface area contributed by atoms with Crippen LogP contribution in [-0.2, 0) is 0 Å². The molecule has 0 saturated carbocycles. The molecule has 4 heterocycles. The van der Waals surface area contributed by atoms with Gasteiger partial charge in [0.2, 0.25) is 0 Å². The van der Waals surface area contributed by atoms with Gasteiger partial charge < -0.3 is 15.1 Å². The molecule has 2 saturated heterocycles. The largest absolute Gasteiger partial charge is 0.330 e. The Hall–Kier alpha value is -2.93. The molecule has 7 heteroatoms. The maximum Gasteiger partial charge on any atom is 0.330 e. The lowest BCUT2D eigenvalue weighted by Crippen LogP contribution is -2.40. The van der Waals surface area contributed by atoms with Crippen LogP contribution in [0.2, 0.25) is 0 Å².